The Morgan fingerprint density at radius 1 is 0.614 bits per heavy atom. The number of hydrogen-bond acceptors (Lipinski definition) is 6. The summed E-state index contributed by atoms with van der Waals surface area (Å²) >= 11 is 0. The lowest BCUT2D eigenvalue weighted by atomic mass is 9.94. The minimum Gasteiger partial charge on any atom is -0.481 e. The third-order valence-corrected chi connectivity index (χ3v) is 8.55. The smallest absolute Gasteiger partial charge is 0.344 e. The van der Waals surface area contributed by atoms with Crippen LogP contribution in [0.15, 0.2) is 42.5 Å². The molecule has 0 aliphatic carbocycles. The summed E-state index contributed by atoms with van der Waals surface area (Å²) in [6.45, 7) is 11.3. The first-order valence-corrected chi connectivity index (χ1v) is 17.0. The highest BCUT2D eigenvalue weighted by atomic mass is 16.6. The highest BCUT2D eigenvalue weighted by Crippen LogP contribution is 2.44. The molecule has 0 radical (unpaired) electrons. The van der Waals surface area contributed by atoms with Gasteiger partial charge in [0.25, 0.3) is 0 Å². The summed E-state index contributed by atoms with van der Waals surface area (Å²) in [5.74, 6) is 1.28. The number of hydrogen-bond donors (Lipinski definition) is 0. The Morgan fingerprint density at radius 2 is 1.11 bits per heavy atom. The number of rotatable bonds is 21. The lowest BCUT2D eigenvalue weighted by Crippen LogP contribution is -2.20. The first-order chi connectivity index (χ1) is 21.5. The summed E-state index contributed by atoms with van der Waals surface area (Å²) < 4.78 is 23.9. The highest BCUT2D eigenvalue weighted by Gasteiger charge is 2.21. The number of carbonyl (C=O) groups is 2. The molecule has 242 valence electrons. The molecule has 2 atom stereocenters. The quantitative estimate of drug-likeness (QED) is 0.0888. The summed E-state index contributed by atoms with van der Waals surface area (Å²) in [4.78, 5) is 25.7. The lowest BCUT2D eigenvalue weighted by Gasteiger charge is -2.20. The van der Waals surface area contributed by atoms with Crippen LogP contribution in [-0.2, 0) is 25.5 Å². The van der Waals surface area contributed by atoms with Crippen molar-refractivity contribution in [3.8, 4) is 11.5 Å². The van der Waals surface area contributed by atoms with Gasteiger partial charge in [0, 0.05) is 21.5 Å². The average molecular weight is 607 g/mol. The van der Waals surface area contributed by atoms with Gasteiger partial charge in [-0.15, -0.1) is 0 Å². The summed E-state index contributed by atoms with van der Waals surface area (Å²) in [5, 5.41) is 3.42. The van der Waals surface area contributed by atoms with Crippen LogP contribution < -0.4 is 9.47 Å². The van der Waals surface area contributed by atoms with Crippen molar-refractivity contribution >= 4 is 33.5 Å². The summed E-state index contributed by atoms with van der Waals surface area (Å²) in [7, 11) is 0. The Labute approximate surface area is 264 Å². The largest absolute Gasteiger partial charge is 0.481 e. The van der Waals surface area contributed by atoms with Crippen molar-refractivity contribution in [2.75, 3.05) is 26.4 Å². The standard InChI is InChI=1S/C38H54O6/c1-6-11-17-28(9-4)24-41-34(39)26-43-37-31-21-14-15-22-32(31)38(36-30(19-13-8-3)20-16-23-33(36)37)44-27-35(40)42-25-29(10-5)18-12-7-2/h14-16,20-23,28-29H,6-13,17-19,24-27H2,1-5H3. The van der Waals surface area contributed by atoms with Crippen LogP contribution in [0.25, 0.3) is 21.5 Å². The normalized spacial score (nSPS) is 12.7. The fourth-order valence-corrected chi connectivity index (χ4v) is 5.66. The van der Waals surface area contributed by atoms with Gasteiger partial charge in [-0.25, -0.2) is 9.59 Å². The number of esters is 2. The molecule has 0 heterocycles. The van der Waals surface area contributed by atoms with Crippen LogP contribution in [0, 0.1) is 11.8 Å². The van der Waals surface area contributed by atoms with Crippen molar-refractivity contribution in [3.63, 3.8) is 0 Å². The molecule has 0 aliphatic rings. The van der Waals surface area contributed by atoms with Gasteiger partial charge in [0.05, 0.1) is 13.2 Å². The van der Waals surface area contributed by atoms with Crippen molar-refractivity contribution < 1.29 is 28.5 Å². The minimum atomic E-state index is -0.369. The van der Waals surface area contributed by atoms with Crippen molar-refractivity contribution in [1.82, 2.24) is 0 Å². The Hall–Kier alpha value is -3.28. The van der Waals surface area contributed by atoms with Gasteiger partial charge in [0.2, 0.25) is 0 Å². The summed E-state index contributed by atoms with van der Waals surface area (Å²) in [6.07, 6.45) is 11.5. The average Bonchev–Trinajstić information content (AvgIpc) is 3.05. The molecule has 0 saturated heterocycles. The van der Waals surface area contributed by atoms with Gasteiger partial charge in [-0.1, -0.05) is 122 Å². The molecule has 0 spiro atoms. The zero-order valence-corrected chi connectivity index (χ0v) is 27.8. The molecule has 0 fully saturated rings. The third-order valence-electron chi connectivity index (χ3n) is 8.55. The van der Waals surface area contributed by atoms with E-state index in [9.17, 15) is 9.59 Å². The maximum absolute atomic E-state index is 12.9. The number of fused-ring (bicyclic) bond motifs is 2. The zero-order valence-electron chi connectivity index (χ0n) is 27.8. The molecule has 0 bridgehead atoms. The molecule has 0 aromatic heterocycles. The van der Waals surface area contributed by atoms with E-state index >= 15 is 0 Å². The van der Waals surface area contributed by atoms with E-state index in [0.717, 1.165) is 97.7 Å². The topological polar surface area (TPSA) is 71.1 Å². The maximum Gasteiger partial charge on any atom is 0.344 e. The molecule has 3 rings (SSSR count). The van der Waals surface area contributed by atoms with Crippen molar-refractivity contribution in [3.05, 3.63) is 48.0 Å². The molecule has 0 N–H and O–H groups in total. The second-order valence-corrected chi connectivity index (χ2v) is 11.9. The number of carbonyl (C=O) groups excluding carboxylic acids is 2. The van der Waals surface area contributed by atoms with Gasteiger partial charge in [-0.2, -0.15) is 0 Å². The van der Waals surface area contributed by atoms with Crippen LogP contribution in [-0.4, -0.2) is 38.4 Å². The molecule has 3 aromatic carbocycles. The van der Waals surface area contributed by atoms with E-state index in [4.69, 9.17) is 18.9 Å². The highest BCUT2D eigenvalue weighted by molar-refractivity contribution is 6.12. The zero-order chi connectivity index (χ0) is 31.7. The van der Waals surface area contributed by atoms with Gasteiger partial charge in [-0.05, 0) is 43.1 Å². The van der Waals surface area contributed by atoms with Gasteiger partial charge >= 0.3 is 11.9 Å². The van der Waals surface area contributed by atoms with Crippen LogP contribution in [0.3, 0.4) is 0 Å². The second-order valence-electron chi connectivity index (χ2n) is 11.9. The van der Waals surface area contributed by atoms with Crippen LogP contribution in [0.2, 0.25) is 0 Å². The predicted octanol–water partition coefficient (Wildman–Crippen LogP) is 9.61. The summed E-state index contributed by atoms with van der Waals surface area (Å²) in [5.41, 5.74) is 1.12. The molecule has 2 unspecified atom stereocenters. The Bertz CT molecular complexity index is 1320. The van der Waals surface area contributed by atoms with Crippen molar-refractivity contribution in [2.45, 2.75) is 105 Å². The Balaban J connectivity index is 1.89. The van der Waals surface area contributed by atoms with Crippen LogP contribution in [0.1, 0.15) is 104 Å². The van der Waals surface area contributed by atoms with E-state index in [1.54, 1.807) is 0 Å². The van der Waals surface area contributed by atoms with E-state index in [1.165, 1.54) is 0 Å². The molecular formula is C38H54O6. The van der Waals surface area contributed by atoms with E-state index in [1.807, 2.05) is 36.4 Å². The van der Waals surface area contributed by atoms with E-state index in [0.29, 0.717) is 36.5 Å². The fraction of sp³-hybridized carbons (Fsp3) is 0.579. The first kappa shape index (κ1) is 35.2. The Morgan fingerprint density at radius 3 is 1.64 bits per heavy atom. The number of unbranched alkanes of at least 4 members (excludes halogenated alkanes) is 3. The van der Waals surface area contributed by atoms with Crippen LogP contribution >= 0.6 is 0 Å². The minimum absolute atomic E-state index is 0.172. The number of benzene rings is 3. The molecular weight excluding hydrogens is 552 g/mol. The van der Waals surface area contributed by atoms with E-state index < -0.39 is 0 Å². The second kappa shape index (κ2) is 19.2. The molecule has 3 aromatic rings. The third kappa shape index (κ3) is 10.1. The van der Waals surface area contributed by atoms with Crippen molar-refractivity contribution in [2.24, 2.45) is 11.8 Å². The molecule has 0 aliphatic heterocycles. The predicted molar refractivity (Wildman–Crippen MR) is 180 cm³/mol. The van der Waals surface area contributed by atoms with Gasteiger partial charge in [-0.3, -0.25) is 0 Å². The van der Waals surface area contributed by atoms with Gasteiger partial charge in [0.1, 0.15) is 11.5 Å². The monoisotopic (exact) mass is 606 g/mol. The SMILES string of the molecule is CCCCc1cccc2c(OCC(=O)OCC(CC)CCCC)c3ccccc3c(OCC(=O)OCC(CC)CCCC)c12. The van der Waals surface area contributed by atoms with Crippen molar-refractivity contribution in [1.29, 1.82) is 0 Å². The maximum atomic E-state index is 12.9. The molecule has 6 heteroatoms. The van der Waals surface area contributed by atoms with Gasteiger partial charge in [0.15, 0.2) is 13.2 Å². The Kier molecular flexibility index (Phi) is 15.3. The molecule has 6 nitrogen and oxygen atoms in total. The summed E-state index contributed by atoms with van der Waals surface area (Å²) in [6, 6.07) is 14.0. The number of aryl methyl sites for hydroxylation is 1. The van der Waals surface area contributed by atoms with E-state index in [-0.39, 0.29) is 25.2 Å². The number of ether oxygens (including phenoxy) is 4. The van der Waals surface area contributed by atoms with E-state index in [2.05, 4.69) is 40.7 Å². The molecule has 0 amide bonds. The lowest BCUT2D eigenvalue weighted by molar-refractivity contribution is -0.148. The molecule has 0 saturated carbocycles. The fourth-order valence-electron chi connectivity index (χ4n) is 5.66. The van der Waals surface area contributed by atoms with Crippen LogP contribution in [0.5, 0.6) is 11.5 Å². The first-order valence-electron chi connectivity index (χ1n) is 17.0. The molecule has 44 heavy (non-hydrogen) atoms. The van der Waals surface area contributed by atoms with Crippen LogP contribution in [0.4, 0.5) is 0 Å². The van der Waals surface area contributed by atoms with Gasteiger partial charge < -0.3 is 18.9 Å².